The molecule has 0 unspecified atom stereocenters. The van der Waals surface area contributed by atoms with Crippen molar-refractivity contribution in [2.45, 2.75) is 39.5 Å². The first-order valence-corrected chi connectivity index (χ1v) is 8.97. The van der Waals surface area contributed by atoms with Crippen LogP contribution in [0, 0.1) is 6.92 Å². The number of amides is 1. The highest BCUT2D eigenvalue weighted by Gasteiger charge is 2.13. The molecule has 1 N–H and O–H groups in total. The molecule has 128 valence electrons. The van der Waals surface area contributed by atoms with Crippen molar-refractivity contribution in [2.24, 2.45) is 0 Å². The number of para-hydroxylation sites is 1. The summed E-state index contributed by atoms with van der Waals surface area (Å²) >= 11 is 1.60. The van der Waals surface area contributed by atoms with E-state index in [2.05, 4.69) is 19.2 Å². The summed E-state index contributed by atoms with van der Waals surface area (Å²) in [6.45, 7) is 5.85. The summed E-state index contributed by atoms with van der Waals surface area (Å²) in [5.74, 6) is -0.367. The van der Waals surface area contributed by atoms with Crippen molar-refractivity contribution in [3.8, 4) is 0 Å². The molecule has 2 aromatic rings. The molecule has 1 amide bonds. The Labute approximate surface area is 146 Å². The van der Waals surface area contributed by atoms with Crippen molar-refractivity contribution in [1.82, 2.24) is 0 Å². The second kappa shape index (κ2) is 8.64. The molecule has 0 spiro atoms. The number of benzene rings is 1. The van der Waals surface area contributed by atoms with Gasteiger partial charge in [0.2, 0.25) is 0 Å². The first-order chi connectivity index (χ1) is 11.5. The van der Waals surface area contributed by atoms with Gasteiger partial charge in [0.05, 0.1) is 0 Å². The molecule has 0 radical (unpaired) electrons. The van der Waals surface area contributed by atoms with E-state index in [0.717, 1.165) is 22.4 Å². The molecular formula is C19H23NO3S. The number of ether oxygens (including phenoxy) is 1. The van der Waals surface area contributed by atoms with Crippen molar-refractivity contribution in [2.75, 3.05) is 11.9 Å². The van der Waals surface area contributed by atoms with Crippen LogP contribution in [0.3, 0.4) is 0 Å². The highest BCUT2D eigenvalue weighted by Crippen LogP contribution is 2.27. The highest BCUT2D eigenvalue weighted by atomic mass is 32.1. The fourth-order valence-electron chi connectivity index (χ4n) is 2.42. The van der Waals surface area contributed by atoms with E-state index in [4.69, 9.17) is 4.74 Å². The van der Waals surface area contributed by atoms with E-state index in [1.807, 2.05) is 41.9 Å². The first-order valence-electron chi connectivity index (χ1n) is 8.03. The summed E-state index contributed by atoms with van der Waals surface area (Å²) in [5.41, 5.74) is 4.00. The Bertz CT molecular complexity index is 693. The van der Waals surface area contributed by atoms with Crippen LogP contribution in [0.2, 0.25) is 0 Å². The quantitative estimate of drug-likeness (QED) is 0.762. The number of hydrogen-bond donors (Lipinski definition) is 1. The molecule has 0 saturated heterocycles. The van der Waals surface area contributed by atoms with Gasteiger partial charge in [-0.2, -0.15) is 11.3 Å². The van der Waals surface area contributed by atoms with E-state index in [1.165, 1.54) is 0 Å². The maximum absolute atomic E-state index is 12.1. The van der Waals surface area contributed by atoms with Gasteiger partial charge in [-0.15, -0.1) is 0 Å². The summed E-state index contributed by atoms with van der Waals surface area (Å²) in [6, 6.07) is 7.91. The van der Waals surface area contributed by atoms with E-state index >= 15 is 0 Å². The van der Waals surface area contributed by atoms with Crippen LogP contribution in [0.15, 0.2) is 35.0 Å². The minimum absolute atomic E-state index is 0.256. The summed E-state index contributed by atoms with van der Waals surface area (Å²) in [7, 11) is 0. The van der Waals surface area contributed by atoms with Gasteiger partial charge in [-0.05, 0) is 52.8 Å². The predicted octanol–water partition coefficient (Wildman–Crippen LogP) is 4.29. The molecule has 1 aromatic heterocycles. The first kappa shape index (κ1) is 18.2. The lowest BCUT2D eigenvalue weighted by Crippen LogP contribution is -2.22. The second-order valence-electron chi connectivity index (χ2n) is 6.03. The third kappa shape index (κ3) is 5.20. The Balaban J connectivity index is 1.84. The number of hydrogen-bond acceptors (Lipinski definition) is 4. The standard InChI is InChI=1S/C19H23NO3S/c1-13(2)16-6-4-5-14(3)19(16)20-17(21)11-23-18(22)8-7-15-9-10-24-12-15/h4-6,9-10,12-13H,7-8,11H2,1-3H3,(H,20,21). The van der Waals surface area contributed by atoms with Crippen LogP contribution in [0.5, 0.6) is 0 Å². The van der Waals surface area contributed by atoms with E-state index in [0.29, 0.717) is 12.3 Å². The zero-order valence-corrected chi connectivity index (χ0v) is 15.1. The topological polar surface area (TPSA) is 55.4 Å². The Morgan fingerprint density at radius 3 is 2.71 bits per heavy atom. The largest absolute Gasteiger partial charge is 0.456 e. The van der Waals surface area contributed by atoms with Crippen molar-refractivity contribution in [1.29, 1.82) is 0 Å². The summed E-state index contributed by atoms with van der Waals surface area (Å²) in [6.07, 6.45) is 0.921. The number of thiophene rings is 1. The lowest BCUT2D eigenvalue weighted by molar-refractivity contribution is -0.147. The van der Waals surface area contributed by atoms with E-state index in [1.54, 1.807) is 11.3 Å². The summed E-state index contributed by atoms with van der Waals surface area (Å²) in [4.78, 5) is 23.8. The van der Waals surface area contributed by atoms with Gasteiger partial charge in [-0.3, -0.25) is 9.59 Å². The number of carbonyl (C=O) groups excluding carboxylic acids is 2. The van der Waals surface area contributed by atoms with Crippen LogP contribution in [-0.2, 0) is 20.7 Å². The zero-order chi connectivity index (χ0) is 17.5. The normalized spacial score (nSPS) is 10.7. The maximum atomic E-state index is 12.1. The Morgan fingerprint density at radius 1 is 1.25 bits per heavy atom. The molecule has 1 heterocycles. The zero-order valence-electron chi connectivity index (χ0n) is 14.3. The molecule has 0 saturated carbocycles. The van der Waals surface area contributed by atoms with Gasteiger partial charge < -0.3 is 10.1 Å². The van der Waals surface area contributed by atoms with Crippen molar-refractivity contribution < 1.29 is 14.3 Å². The van der Waals surface area contributed by atoms with Crippen LogP contribution in [0.1, 0.15) is 42.9 Å². The third-order valence-corrected chi connectivity index (χ3v) is 4.49. The molecule has 1 aromatic carbocycles. The molecule has 0 aliphatic rings. The minimum atomic E-state index is -0.356. The van der Waals surface area contributed by atoms with Gasteiger partial charge in [-0.25, -0.2) is 0 Å². The average molecular weight is 345 g/mol. The number of rotatable bonds is 7. The minimum Gasteiger partial charge on any atom is -0.456 e. The van der Waals surface area contributed by atoms with Crippen molar-refractivity contribution in [3.63, 3.8) is 0 Å². The van der Waals surface area contributed by atoms with Gasteiger partial charge in [0.25, 0.3) is 5.91 Å². The van der Waals surface area contributed by atoms with Gasteiger partial charge in [-0.1, -0.05) is 32.0 Å². The molecular weight excluding hydrogens is 322 g/mol. The smallest absolute Gasteiger partial charge is 0.306 e. The Morgan fingerprint density at radius 2 is 2.04 bits per heavy atom. The lowest BCUT2D eigenvalue weighted by Gasteiger charge is -2.16. The SMILES string of the molecule is Cc1cccc(C(C)C)c1NC(=O)COC(=O)CCc1ccsc1. The van der Waals surface area contributed by atoms with Crippen LogP contribution in [0.4, 0.5) is 5.69 Å². The van der Waals surface area contributed by atoms with E-state index in [-0.39, 0.29) is 24.9 Å². The van der Waals surface area contributed by atoms with E-state index < -0.39 is 0 Å². The fraction of sp³-hybridized carbons (Fsp3) is 0.368. The summed E-state index contributed by atoms with van der Waals surface area (Å²) < 4.78 is 5.07. The van der Waals surface area contributed by atoms with Crippen LogP contribution >= 0.6 is 11.3 Å². The lowest BCUT2D eigenvalue weighted by atomic mass is 9.98. The fourth-order valence-corrected chi connectivity index (χ4v) is 3.12. The number of nitrogens with one attached hydrogen (secondary N) is 1. The predicted molar refractivity (Wildman–Crippen MR) is 97.5 cm³/mol. The number of anilines is 1. The van der Waals surface area contributed by atoms with Gasteiger partial charge in [0.1, 0.15) is 0 Å². The molecule has 5 heteroatoms. The molecule has 4 nitrogen and oxygen atoms in total. The molecule has 0 atom stereocenters. The number of aryl methyl sites for hydroxylation is 2. The maximum Gasteiger partial charge on any atom is 0.306 e. The van der Waals surface area contributed by atoms with Crippen LogP contribution in [-0.4, -0.2) is 18.5 Å². The molecule has 0 fully saturated rings. The number of carbonyl (C=O) groups is 2. The van der Waals surface area contributed by atoms with Crippen molar-refractivity contribution >= 4 is 28.9 Å². The highest BCUT2D eigenvalue weighted by molar-refractivity contribution is 7.07. The number of esters is 1. The Kier molecular flexibility index (Phi) is 6.55. The van der Waals surface area contributed by atoms with Crippen LogP contribution < -0.4 is 5.32 Å². The van der Waals surface area contributed by atoms with Gasteiger partial charge in [0, 0.05) is 12.1 Å². The second-order valence-corrected chi connectivity index (χ2v) is 6.81. The molecule has 0 bridgehead atoms. The summed E-state index contributed by atoms with van der Waals surface area (Å²) in [5, 5.41) is 6.85. The average Bonchev–Trinajstić information content (AvgIpc) is 3.06. The molecule has 0 aliphatic heterocycles. The molecule has 0 aliphatic carbocycles. The van der Waals surface area contributed by atoms with Gasteiger partial charge >= 0.3 is 5.97 Å². The van der Waals surface area contributed by atoms with Gasteiger partial charge in [0.15, 0.2) is 6.61 Å². The third-order valence-electron chi connectivity index (χ3n) is 3.75. The van der Waals surface area contributed by atoms with Crippen molar-refractivity contribution in [3.05, 3.63) is 51.7 Å². The Hall–Kier alpha value is -2.14. The van der Waals surface area contributed by atoms with E-state index in [9.17, 15) is 9.59 Å². The monoisotopic (exact) mass is 345 g/mol. The molecule has 2 rings (SSSR count). The van der Waals surface area contributed by atoms with Crippen LogP contribution in [0.25, 0.3) is 0 Å². The molecule has 24 heavy (non-hydrogen) atoms.